The molecule has 2 aromatic carbocycles. The highest BCUT2D eigenvalue weighted by Crippen LogP contribution is 2.40. The summed E-state index contributed by atoms with van der Waals surface area (Å²) in [4.78, 5) is 26.0. The van der Waals surface area contributed by atoms with Crippen LogP contribution < -0.4 is 14.8 Å². The van der Waals surface area contributed by atoms with E-state index in [1.165, 1.54) is 0 Å². The van der Waals surface area contributed by atoms with Crippen LogP contribution in [0.5, 0.6) is 11.5 Å². The van der Waals surface area contributed by atoms with Crippen LogP contribution in [0, 0.1) is 12.8 Å². The molecular weight excluding hydrogens is 434 g/mol. The smallest absolute Gasteiger partial charge is 0.314 e. The maximum Gasteiger partial charge on any atom is 0.314 e. The monoisotopic (exact) mass is 463 g/mol. The highest BCUT2D eigenvalue weighted by molar-refractivity contribution is 5.99. The predicted molar refractivity (Wildman–Crippen MR) is 128 cm³/mol. The first-order chi connectivity index (χ1) is 16.5. The molecule has 7 nitrogen and oxygen atoms in total. The second-order valence-corrected chi connectivity index (χ2v) is 8.25. The summed E-state index contributed by atoms with van der Waals surface area (Å²) in [6.45, 7) is 3.92. The molecule has 1 amide bonds. The summed E-state index contributed by atoms with van der Waals surface area (Å²) in [6, 6.07) is 12.7. The summed E-state index contributed by atoms with van der Waals surface area (Å²) < 4.78 is 22.1. The highest BCUT2D eigenvalue weighted by atomic mass is 16.5. The molecule has 0 aliphatic heterocycles. The summed E-state index contributed by atoms with van der Waals surface area (Å²) in [7, 11) is 3.14. The van der Waals surface area contributed by atoms with Gasteiger partial charge in [-0.1, -0.05) is 30.4 Å². The average Bonchev–Trinajstić information content (AvgIpc) is 3.43. The Morgan fingerprint density at radius 2 is 1.91 bits per heavy atom. The number of nitrogens with one attached hydrogen (secondary N) is 1. The van der Waals surface area contributed by atoms with Gasteiger partial charge < -0.3 is 23.9 Å². The second-order valence-electron chi connectivity index (χ2n) is 8.25. The van der Waals surface area contributed by atoms with Gasteiger partial charge in [0.05, 0.1) is 26.7 Å². The van der Waals surface area contributed by atoms with Gasteiger partial charge in [0.1, 0.15) is 17.1 Å². The number of rotatable bonds is 8. The maximum atomic E-state index is 13.0. The minimum atomic E-state index is -0.601. The summed E-state index contributed by atoms with van der Waals surface area (Å²) in [6.07, 6.45) is 4.41. The van der Waals surface area contributed by atoms with Crippen LogP contribution in [-0.4, -0.2) is 38.7 Å². The van der Waals surface area contributed by atoms with Crippen LogP contribution in [0.15, 0.2) is 59.0 Å². The maximum absolute atomic E-state index is 13.0. The van der Waals surface area contributed by atoms with Crippen molar-refractivity contribution in [2.45, 2.75) is 32.2 Å². The number of esters is 1. The number of para-hydroxylation sites is 1. The zero-order chi connectivity index (χ0) is 24.2. The number of hydrogen-bond donors (Lipinski definition) is 1. The van der Waals surface area contributed by atoms with Crippen molar-refractivity contribution in [3.63, 3.8) is 0 Å². The predicted octanol–water partition coefficient (Wildman–Crippen LogP) is 4.78. The van der Waals surface area contributed by atoms with Crippen molar-refractivity contribution in [3.8, 4) is 11.5 Å². The van der Waals surface area contributed by atoms with Gasteiger partial charge in [0, 0.05) is 22.6 Å². The quantitative estimate of drug-likeness (QED) is 0.382. The Labute approximate surface area is 198 Å². The van der Waals surface area contributed by atoms with Crippen LogP contribution in [0.1, 0.15) is 40.9 Å². The SMILES string of the molecule is CCOC(=O)[C@H](c1cc(OC)ccc1OC)[C@@H]1C=C[C@@H](NC(=O)c2oc3ccccc3c2C)C1. The molecule has 0 saturated carbocycles. The number of carbonyl (C=O) groups is 2. The lowest BCUT2D eigenvalue weighted by Crippen LogP contribution is -2.34. The van der Waals surface area contributed by atoms with Gasteiger partial charge in [-0.25, -0.2) is 0 Å². The van der Waals surface area contributed by atoms with Crippen LogP contribution in [-0.2, 0) is 9.53 Å². The van der Waals surface area contributed by atoms with Gasteiger partial charge in [0.2, 0.25) is 0 Å². The Balaban J connectivity index is 1.55. The molecule has 0 fully saturated rings. The molecule has 0 bridgehead atoms. The molecule has 1 aliphatic rings. The molecule has 4 rings (SSSR count). The van der Waals surface area contributed by atoms with E-state index in [9.17, 15) is 9.59 Å². The summed E-state index contributed by atoms with van der Waals surface area (Å²) >= 11 is 0. The lowest BCUT2D eigenvalue weighted by Gasteiger charge is -2.24. The fourth-order valence-corrected chi connectivity index (χ4v) is 4.55. The van der Waals surface area contributed by atoms with Crippen LogP contribution in [0.2, 0.25) is 0 Å². The molecule has 1 heterocycles. The number of ether oxygens (including phenoxy) is 3. The van der Waals surface area contributed by atoms with E-state index in [4.69, 9.17) is 18.6 Å². The number of carbonyl (C=O) groups excluding carboxylic acids is 2. The molecule has 0 unspecified atom stereocenters. The van der Waals surface area contributed by atoms with Crippen molar-refractivity contribution in [1.82, 2.24) is 5.32 Å². The summed E-state index contributed by atoms with van der Waals surface area (Å²) in [5.41, 5.74) is 2.17. The van der Waals surface area contributed by atoms with Crippen molar-refractivity contribution >= 4 is 22.8 Å². The third-order valence-corrected chi connectivity index (χ3v) is 6.22. The molecular formula is C27H29NO6. The van der Waals surface area contributed by atoms with Gasteiger partial charge in [-0.3, -0.25) is 9.59 Å². The largest absolute Gasteiger partial charge is 0.497 e. The van der Waals surface area contributed by atoms with Gasteiger partial charge in [-0.2, -0.15) is 0 Å². The number of aryl methyl sites for hydroxylation is 1. The van der Waals surface area contributed by atoms with Gasteiger partial charge in [-0.05, 0) is 50.5 Å². The number of fused-ring (bicyclic) bond motifs is 1. The molecule has 178 valence electrons. The fourth-order valence-electron chi connectivity index (χ4n) is 4.55. The molecule has 0 spiro atoms. The standard InChI is InChI=1S/C27H29NO6/c1-5-33-27(30)24(21-15-19(31-3)12-13-22(21)32-4)17-10-11-18(14-17)28-26(29)25-16(2)20-8-6-7-9-23(20)34-25/h6-13,15,17-18,24H,5,14H2,1-4H3,(H,28,29)/t17-,18-,24+/m1/s1. The molecule has 0 saturated heterocycles. The zero-order valence-corrected chi connectivity index (χ0v) is 19.8. The van der Waals surface area contributed by atoms with Crippen LogP contribution in [0.25, 0.3) is 11.0 Å². The van der Waals surface area contributed by atoms with E-state index in [0.29, 0.717) is 34.8 Å². The summed E-state index contributed by atoms with van der Waals surface area (Å²) in [5, 5.41) is 3.94. The first kappa shape index (κ1) is 23.4. The van der Waals surface area contributed by atoms with Crippen molar-refractivity contribution in [3.05, 3.63) is 71.5 Å². The van der Waals surface area contributed by atoms with E-state index in [1.54, 1.807) is 39.3 Å². The van der Waals surface area contributed by atoms with E-state index >= 15 is 0 Å². The van der Waals surface area contributed by atoms with E-state index < -0.39 is 5.92 Å². The van der Waals surface area contributed by atoms with Crippen molar-refractivity contribution in [2.24, 2.45) is 5.92 Å². The molecule has 0 radical (unpaired) electrons. The van der Waals surface area contributed by atoms with Crippen LogP contribution in [0.3, 0.4) is 0 Å². The Bertz CT molecular complexity index is 1230. The lowest BCUT2D eigenvalue weighted by atomic mass is 9.84. The van der Waals surface area contributed by atoms with Crippen molar-refractivity contribution < 1.29 is 28.2 Å². The molecule has 1 N–H and O–H groups in total. The zero-order valence-electron chi connectivity index (χ0n) is 19.8. The Morgan fingerprint density at radius 3 is 2.62 bits per heavy atom. The third kappa shape index (κ3) is 4.51. The van der Waals surface area contributed by atoms with Gasteiger partial charge >= 0.3 is 5.97 Å². The van der Waals surface area contributed by atoms with E-state index in [2.05, 4.69) is 5.32 Å². The number of allylic oxidation sites excluding steroid dienone is 1. The summed E-state index contributed by atoms with van der Waals surface area (Å²) in [5.74, 6) is 0.0852. The number of hydrogen-bond acceptors (Lipinski definition) is 6. The Morgan fingerprint density at radius 1 is 1.12 bits per heavy atom. The fraction of sp³-hybridized carbons (Fsp3) is 0.333. The average molecular weight is 464 g/mol. The third-order valence-electron chi connectivity index (χ3n) is 6.22. The minimum absolute atomic E-state index is 0.192. The number of benzene rings is 2. The normalized spacial score (nSPS) is 18.0. The molecule has 34 heavy (non-hydrogen) atoms. The van der Waals surface area contributed by atoms with E-state index in [1.807, 2.05) is 43.3 Å². The highest BCUT2D eigenvalue weighted by Gasteiger charge is 2.36. The van der Waals surface area contributed by atoms with Crippen LogP contribution in [0.4, 0.5) is 0 Å². The number of methoxy groups -OCH3 is 2. The molecule has 1 aromatic heterocycles. The molecule has 3 aromatic rings. The van der Waals surface area contributed by atoms with Gasteiger partial charge in [0.25, 0.3) is 5.91 Å². The van der Waals surface area contributed by atoms with Crippen molar-refractivity contribution in [2.75, 3.05) is 20.8 Å². The minimum Gasteiger partial charge on any atom is -0.497 e. The van der Waals surface area contributed by atoms with Gasteiger partial charge in [-0.15, -0.1) is 0 Å². The molecule has 1 aliphatic carbocycles. The topological polar surface area (TPSA) is 87.0 Å². The number of amides is 1. The number of furan rings is 1. The lowest BCUT2D eigenvalue weighted by molar-refractivity contribution is -0.146. The first-order valence-electron chi connectivity index (χ1n) is 11.3. The molecule has 7 heteroatoms. The van der Waals surface area contributed by atoms with E-state index in [-0.39, 0.29) is 30.4 Å². The van der Waals surface area contributed by atoms with E-state index in [0.717, 1.165) is 10.9 Å². The second kappa shape index (κ2) is 10.0. The Hall–Kier alpha value is -3.74. The first-order valence-corrected chi connectivity index (χ1v) is 11.3. The molecule has 3 atom stereocenters. The van der Waals surface area contributed by atoms with Crippen LogP contribution >= 0.6 is 0 Å². The Kier molecular flexibility index (Phi) is 6.91. The van der Waals surface area contributed by atoms with Crippen molar-refractivity contribution in [1.29, 1.82) is 0 Å². The van der Waals surface area contributed by atoms with Gasteiger partial charge in [0.15, 0.2) is 5.76 Å².